The van der Waals surface area contributed by atoms with Crippen molar-refractivity contribution >= 4 is 28.1 Å². The van der Waals surface area contributed by atoms with Crippen LogP contribution in [0.1, 0.15) is 20.8 Å². The smallest absolute Gasteiger partial charge is 0.273 e. The van der Waals surface area contributed by atoms with Crippen molar-refractivity contribution in [3.05, 3.63) is 70.6 Å². The number of anilines is 2. The van der Waals surface area contributed by atoms with Crippen LogP contribution in [0.2, 0.25) is 0 Å². The van der Waals surface area contributed by atoms with Crippen molar-refractivity contribution in [2.75, 3.05) is 22.3 Å². The highest BCUT2D eigenvalue weighted by atomic mass is 32.2. The molecule has 1 aromatic heterocycles. The molecule has 7 nitrogen and oxygen atoms in total. The lowest BCUT2D eigenvalue weighted by Crippen LogP contribution is -2.25. The van der Waals surface area contributed by atoms with Gasteiger partial charge in [0.1, 0.15) is 28.2 Å². The molecule has 0 spiro atoms. The van der Waals surface area contributed by atoms with E-state index in [2.05, 4.69) is 10.0 Å². The number of benzene rings is 2. The van der Waals surface area contributed by atoms with Gasteiger partial charge < -0.3 is 19.3 Å². The molecule has 186 valence electrons. The predicted molar refractivity (Wildman–Crippen MR) is 134 cm³/mol. The fourth-order valence-electron chi connectivity index (χ4n) is 3.16. The highest BCUT2D eigenvalue weighted by Gasteiger charge is 2.16. The average molecular weight is 504 g/mol. The van der Waals surface area contributed by atoms with Gasteiger partial charge in [0.25, 0.3) is 5.56 Å². The SMILES string of the molecule is CCS(=O)Nc1ccc(Oc2ccc(F)cc2F)c(-c2cc(NCC(=O)C(C)C)c(=O)n(C)c2)c1. The summed E-state index contributed by atoms with van der Waals surface area (Å²) in [6, 6.07) is 9.39. The summed E-state index contributed by atoms with van der Waals surface area (Å²) in [5.41, 5.74) is 1.37. The number of nitrogens with one attached hydrogen (secondary N) is 2. The fraction of sp³-hybridized carbons (Fsp3) is 0.280. The van der Waals surface area contributed by atoms with E-state index in [1.165, 1.54) is 10.6 Å². The number of carbonyl (C=O) groups is 1. The number of ketones is 1. The second-order valence-electron chi connectivity index (χ2n) is 8.16. The second-order valence-corrected chi connectivity index (χ2v) is 9.63. The molecular formula is C25H27F2N3O4S. The van der Waals surface area contributed by atoms with Gasteiger partial charge in [0.15, 0.2) is 17.3 Å². The molecule has 1 unspecified atom stereocenters. The quantitative estimate of drug-likeness (QED) is 0.413. The van der Waals surface area contributed by atoms with Crippen LogP contribution in [0.3, 0.4) is 0 Å². The van der Waals surface area contributed by atoms with Crippen molar-refractivity contribution in [2.24, 2.45) is 13.0 Å². The number of ether oxygens (including phenoxy) is 1. The average Bonchev–Trinajstić information content (AvgIpc) is 2.82. The number of halogens is 2. The predicted octanol–water partition coefficient (Wildman–Crippen LogP) is 4.86. The van der Waals surface area contributed by atoms with Crippen LogP contribution in [0.4, 0.5) is 20.2 Å². The van der Waals surface area contributed by atoms with Gasteiger partial charge in [-0.15, -0.1) is 0 Å². The largest absolute Gasteiger partial charge is 0.454 e. The third-order valence-corrected chi connectivity index (χ3v) is 6.17. The van der Waals surface area contributed by atoms with Gasteiger partial charge in [0, 0.05) is 47.8 Å². The van der Waals surface area contributed by atoms with Crippen molar-refractivity contribution in [2.45, 2.75) is 20.8 Å². The van der Waals surface area contributed by atoms with E-state index in [9.17, 15) is 22.6 Å². The Kier molecular flexibility index (Phi) is 8.39. The molecule has 2 aromatic carbocycles. The Labute approximate surface area is 204 Å². The number of carbonyl (C=O) groups excluding carboxylic acids is 1. The standard InChI is InChI=1S/C25H27F2N3O4S/c1-5-35(33)29-18-7-9-23(34-24-8-6-17(26)11-20(24)27)19(12-18)16-10-21(25(32)30(4)14-16)28-13-22(31)15(2)3/h6-12,14-15,28-29H,5,13H2,1-4H3. The zero-order chi connectivity index (χ0) is 25.7. The van der Waals surface area contributed by atoms with Crippen LogP contribution in [-0.2, 0) is 22.8 Å². The van der Waals surface area contributed by atoms with Gasteiger partial charge in [-0.25, -0.2) is 13.0 Å². The zero-order valence-corrected chi connectivity index (χ0v) is 20.7. The molecule has 0 aliphatic rings. The van der Waals surface area contributed by atoms with E-state index in [0.717, 1.165) is 12.1 Å². The maximum atomic E-state index is 14.3. The Morgan fingerprint density at radius 2 is 1.83 bits per heavy atom. The van der Waals surface area contributed by atoms with Gasteiger partial charge in [-0.3, -0.25) is 9.59 Å². The summed E-state index contributed by atoms with van der Waals surface area (Å²) >= 11 is 0. The number of rotatable bonds is 10. The van der Waals surface area contributed by atoms with Crippen LogP contribution in [0, 0.1) is 17.6 Å². The maximum Gasteiger partial charge on any atom is 0.273 e. The van der Waals surface area contributed by atoms with E-state index in [4.69, 9.17) is 4.74 Å². The molecule has 0 saturated heterocycles. The number of nitrogens with zero attached hydrogens (tertiary/aromatic N) is 1. The van der Waals surface area contributed by atoms with Gasteiger partial charge in [0.2, 0.25) is 0 Å². The van der Waals surface area contributed by atoms with Crippen LogP contribution >= 0.6 is 0 Å². The molecule has 0 bridgehead atoms. The van der Waals surface area contributed by atoms with Crippen molar-refractivity contribution < 1.29 is 22.5 Å². The van der Waals surface area contributed by atoms with Crippen molar-refractivity contribution in [3.8, 4) is 22.6 Å². The first-order chi connectivity index (χ1) is 16.6. The van der Waals surface area contributed by atoms with Gasteiger partial charge >= 0.3 is 0 Å². The highest BCUT2D eigenvalue weighted by molar-refractivity contribution is 7.86. The minimum Gasteiger partial charge on any atom is -0.454 e. The Bertz CT molecular complexity index is 1320. The van der Waals surface area contributed by atoms with Crippen LogP contribution < -0.4 is 20.3 Å². The monoisotopic (exact) mass is 503 g/mol. The molecule has 0 aliphatic carbocycles. The lowest BCUT2D eigenvalue weighted by Gasteiger charge is -2.16. The lowest BCUT2D eigenvalue weighted by atomic mass is 10.0. The minimum absolute atomic E-state index is 0.0163. The fourth-order valence-corrected chi connectivity index (χ4v) is 3.69. The topological polar surface area (TPSA) is 89.4 Å². The molecule has 1 heterocycles. The summed E-state index contributed by atoms with van der Waals surface area (Å²) < 4.78 is 49.7. The van der Waals surface area contributed by atoms with E-state index in [1.54, 1.807) is 58.3 Å². The molecule has 10 heteroatoms. The molecule has 0 radical (unpaired) electrons. The Morgan fingerprint density at radius 1 is 1.11 bits per heavy atom. The van der Waals surface area contributed by atoms with E-state index in [0.29, 0.717) is 22.6 Å². The molecule has 1 atom stereocenters. The summed E-state index contributed by atoms with van der Waals surface area (Å²) in [5.74, 6) is -1.43. The van der Waals surface area contributed by atoms with Crippen molar-refractivity contribution in [3.63, 3.8) is 0 Å². The maximum absolute atomic E-state index is 14.3. The Morgan fingerprint density at radius 3 is 2.49 bits per heavy atom. The summed E-state index contributed by atoms with van der Waals surface area (Å²) in [4.78, 5) is 24.7. The highest BCUT2D eigenvalue weighted by Crippen LogP contribution is 2.37. The number of hydrogen-bond donors (Lipinski definition) is 2. The van der Waals surface area contributed by atoms with Crippen LogP contribution in [0.15, 0.2) is 53.5 Å². The molecule has 2 N–H and O–H groups in total. The number of aryl methyl sites for hydroxylation is 1. The first-order valence-electron chi connectivity index (χ1n) is 11.0. The third kappa shape index (κ3) is 6.54. The van der Waals surface area contributed by atoms with E-state index in [-0.39, 0.29) is 41.0 Å². The molecule has 0 aliphatic heterocycles. The van der Waals surface area contributed by atoms with Gasteiger partial charge in [0.05, 0.1) is 6.54 Å². The first kappa shape index (κ1) is 26.1. The van der Waals surface area contributed by atoms with E-state index >= 15 is 0 Å². The number of Topliss-reactive ketones (excluding diaryl/α,β-unsaturated/α-hetero) is 1. The summed E-state index contributed by atoms with van der Waals surface area (Å²) in [6.45, 7) is 5.30. The van der Waals surface area contributed by atoms with Gasteiger partial charge in [-0.05, 0) is 36.4 Å². The molecule has 3 aromatic rings. The van der Waals surface area contributed by atoms with E-state index < -0.39 is 22.6 Å². The van der Waals surface area contributed by atoms with Crippen LogP contribution in [0.25, 0.3) is 11.1 Å². The second kappa shape index (κ2) is 11.3. The van der Waals surface area contributed by atoms with Gasteiger partial charge in [-0.2, -0.15) is 0 Å². The number of hydrogen-bond acceptors (Lipinski definition) is 5. The zero-order valence-electron chi connectivity index (χ0n) is 19.9. The molecule has 3 rings (SSSR count). The number of pyridine rings is 1. The van der Waals surface area contributed by atoms with Crippen LogP contribution in [0.5, 0.6) is 11.5 Å². The van der Waals surface area contributed by atoms with Crippen LogP contribution in [-0.4, -0.2) is 26.9 Å². The summed E-state index contributed by atoms with van der Waals surface area (Å²) in [7, 11) is 0.249. The van der Waals surface area contributed by atoms with E-state index in [1.807, 2.05) is 0 Å². The third-order valence-electron chi connectivity index (χ3n) is 5.18. The molecular weight excluding hydrogens is 476 g/mol. The lowest BCUT2D eigenvalue weighted by molar-refractivity contribution is -0.120. The molecule has 35 heavy (non-hydrogen) atoms. The summed E-state index contributed by atoms with van der Waals surface area (Å²) in [6.07, 6.45) is 1.57. The Balaban J connectivity index is 2.09. The number of aromatic nitrogens is 1. The molecule has 0 saturated carbocycles. The Hall–Kier alpha value is -3.53. The molecule has 0 amide bonds. The molecule has 0 fully saturated rings. The van der Waals surface area contributed by atoms with Crippen molar-refractivity contribution in [1.82, 2.24) is 4.57 Å². The minimum atomic E-state index is -1.32. The first-order valence-corrected chi connectivity index (χ1v) is 12.3. The van der Waals surface area contributed by atoms with Gasteiger partial charge in [-0.1, -0.05) is 20.8 Å². The normalized spacial score (nSPS) is 11.9. The van der Waals surface area contributed by atoms with Crippen molar-refractivity contribution in [1.29, 1.82) is 0 Å². The summed E-state index contributed by atoms with van der Waals surface area (Å²) in [5, 5.41) is 2.90.